The molecule has 82 valence electrons. The van der Waals surface area contributed by atoms with Crippen LogP contribution in [0, 0.1) is 0 Å². The van der Waals surface area contributed by atoms with Gasteiger partial charge in [-0.15, -0.1) is 0 Å². The predicted molar refractivity (Wildman–Crippen MR) is 50.0 cm³/mol. The van der Waals surface area contributed by atoms with Crippen molar-refractivity contribution in [3.05, 3.63) is 22.5 Å². The lowest BCUT2D eigenvalue weighted by molar-refractivity contribution is -0.136. The fraction of sp³-hybridized carbons (Fsp3) is 0.250. The summed E-state index contributed by atoms with van der Waals surface area (Å²) in [5.74, 6) is -1.16. The number of nitrogens with two attached hydrogens (primary N) is 1. The number of carbonyl (C=O) groups is 1. The monoisotopic (exact) mass is 236 g/mol. The molecule has 0 saturated carbocycles. The van der Waals surface area contributed by atoms with Crippen LogP contribution in [0.1, 0.15) is 17.7 Å². The van der Waals surface area contributed by atoms with E-state index in [0.29, 0.717) is 0 Å². The van der Waals surface area contributed by atoms with Crippen LogP contribution in [0.4, 0.5) is 14.5 Å². The summed E-state index contributed by atoms with van der Waals surface area (Å²) in [5, 5.41) is 8.25. The number of carboxylic acid groups (broad SMARTS) is 1. The molecule has 0 unspecified atom stereocenters. The van der Waals surface area contributed by atoms with E-state index in [1.54, 1.807) is 0 Å². The summed E-state index contributed by atoms with van der Waals surface area (Å²) >= 11 is 5.60. The smallest absolute Gasteiger partial charge is 0.309 e. The number of rotatable bonds is 3. The van der Waals surface area contributed by atoms with Gasteiger partial charge in [-0.25, -0.2) is 8.78 Å². The van der Waals surface area contributed by atoms with Crippen molar-refractivity contribution in [2.45, 2.75) is 12.8 Å². The number of hydrogen-bond acceptors (Lipinski definition) is 3. The summed E-state index contributed by atoms with van der Waals surface area (Å²) in [4.78, 5) is 13.9. The standard InChI is InChI=1S/C8H7ClF2N2O2/c9-6-4(1-5(14)15)13-2-3(7(6)12)8(10)11/h2,8H,1H2,(H2,12,13)(H,14,15). The molecule has 7 heteroatoms. The summed E-state index contributed by atoms with van der Waals surface area (Å²) in [5.41, 5.74) is 4.48. The number of hydrogen-bond donors (Lipinski definition) is 2. The van der Waals surface area contributed by atoms with Crippen LogP contribution in [-0.4, -0.2) is 16.1 Å². The summed E-state index contributed by atoms with van der Waals surface area (Å²) in [6.07, 6.45) is -2.40. The first-order valence-electron chi connectivity index (χ1n) is 3.86. The molecule has 3 N–H and O–H groups in total. The van der Waals surface area contributed by atoms with Crippen LogP contribution in [-0.2, 0) is 11.2 Å². The van der Waals surface area contributed by atoms with E-state index in [4.69, 9.17) is 22.4 Å². The normalized spacial score (nSPS) is 10.7. The first kappa shape index (κ1) is 11.6. The van der Waals surface area contributed by atoms with Crippen molar-refractivity contribution in [3.63, 3.8) is 0 Å². The Bertz CT molecular complexity index is 398. The highest BCUT2D eigenvalue weighted by Crippen LogP contribution is 2.31. The number of anilines is 1. The van der Waals surface area contributed by atoms with Crippen molar-refractivity contribution in [2.24, 2.45) is 0 Å². The van der Waals surface area contributed by atoms with Gasteiger partial charge >= 0.3 is 5.97 Å². The topological polar surface area (TPSA) is 76.2 Å². The summed E-state index contributed by atoms with van der Waals surface area (Å²) in [7, 11) is 0. The van der Waals surface area contributed by atoms with Crippen LogP contribution in [0.25, 0.3) is 0 Å². The predicted octanol–water partition coefficient (Wildman–Crippen LogP) is 1.88. The van der Waals surface area contributed by atoms with Gasteiger partial charge in [0.25, 0.3) is 6.43 Å². The number of carboxylic acids is 1. The fourth-order valence-corrected chi connectivity index (χ4v) is 1.22. The van der Waals surface area contributed by atoms with Crippen LogP contribution in [0.15, 0.2) is 6.20 Å². The second-order valence-corrected chi connectivity index (χ2v) is 3.14. The molecule has 0 aromatic carbocycles. The minimum absolute atomic E-state index is 0.0222. The summed E-state index contributed by atoms with van der Waals surface area (Å²) in [6, 6.07) is 0. The van der Waals surface area contributed by atoms with E-state index in [0.717, 1.165) is 6.20 Å². The van der Waals surface area contributed by atoms with E-state index >= 15 is 0 Å². The second kappa shape index (κ2) is 4.39. The molecule has 1 rings (SSSR count). The van der Waals surface area contributed by atoms with Gasteiger partial charge in [0.1, 0.15) is 0 Å². The molecular formula is C8H7ClF2N2O2. The van der Waals surface area contributed by atoms with Gasteiger partial charge in [-0.1, -0.05) is 11.6 Å². The van der Waals surface area contributed by atoms with E-state index < -0.39 is 24.4 Å². The van der Waals surface area contributed by atoms with Crippen molar-refractivity contribution in [1.29, 1.82) is 0 Å². The Morgan fingerprint density at radius 1 is 1.67 bits per heavy atom. The van der Waals surface area contributed by atoms with Gasteiger partial charge in [0.15, 0.2) is 0 Å². The number of halogens is 3. The lowest BCUT2D eigenvalue weighted by atomic mass is 10.2. The van der Waals surface area contributed by atoms with E-state index in [2.05, 4.69) is 4.98 Å². The Balaban J connectivity index is 3.15. The van der Waals surface area contributed by atoms with Crippen LogP contribution in [0.2, 0.25) is 5.02 Å². The van der Waals surface area contributed by atoms with Crippen molar-refractivity contribution in [1.82, 2.24) is 4.98 Å². The zero-order valence-electron chi connectivity index (χ0n) is 7.38. The molecule has 1 aromatic rings. The maximum Gasteiger partial charge on any atom is 0.309 e. The maximum absolute atomic E-state index is 12.3. The molecular weight excluding hydrogens is 230 g/mol. The third-order valence-corrected chi connectivity index (χ3v) is 2.14. The van der Waals surface area contributed by atoms with Crippen LogP contribution in [0.3, 0.4) is 0 Å². The quantitative estimate of drug-likeness (QED) is 0.840. The van der Waals surface area contributed by atoms with E-state index in [1.807, 2.05) is 0 Å². The van der Waals surface area contributed by atoms with Gasteiger partial charge in [0.05, 0.1) is 28.4 Å². The number of nitrogen functional groups attached to an aromatic ring is 1. The van der Waals surface area contributed by atoms with Crippen molar-refractivity contribution in [3.8, 4) is 0 Å². The SMILES string of the molecule is Nc1c(C(F)F)cnc(CC(=O)O)c1Cl. The average Bonchev–Trinajstić information content (AvgIpc) is 2.12. The molecule has 0 fully saturated rings. The number of nitrogens with zero attached hydrogens (tertiary/aromatic N) is 1. The molecule has 15 heavy (non-hydrogen) atoms. The Morgan fingerprint density at radius 3 is 2.73 bits per heavy atom. The maximum atomic E-state index is 12.3. The van der Waals surface area contributed by atoms with E-state index in [9.17, 15) is 13.6 Å². The van der Waals surface area contributed by atoms with Crippen LogP contribution >= 0.6 is 11.6 Å². The summed E-state index contributed by atoms with van der Waals surface area (Å²) in [6.45, 7) is 0. The highest BCUT2D eigenvalue weighted by Gasteiger charge is 2.18. The molecule has 1 heterocycles. The highest BCUT2D eigenvalue weighted by molar-refractivity contribution is 6.34. The zero-order valence-corrected chi connectivity index (χ0v) is 8.13. The molecule has 0 bridgehead atoms. The highest BCUT2D eigenvalue weighted by atomic mass is 35.5. The molecule has 0 aliphatic heterocycles. The van der Waals surface area contributed by atoms with Crippen LogP contribution < -0.4 is 5.73 Å². The molecule has 0 aliphatic carbocycles. The van der Waals surface area contributed by atoms with Crippen molar-refractivity contribution >= 4 is 23.3 Å². The Hall–Kier alpha value is -1.43. The van der Waals surface area contributed by atoms with Gasteiger partial charge in [-0.2, -0.15) is 0 Å². The molecule has 0 saturated heterocycles. The minimum Gasteiger partial charge on any atom is -0.481 e. The second-order valence-electron chi connectivity index (χ2n) is 2.76. The number of aromatic nitrogens is 1. The minimum atomic E-state index is -2.78. The van der Waals surface area contributed by atoms with E-state index in [-0.39, 0.29) is 16.4 Å². The fourth-order valence-electron chi connectivity index (χ4n) is 0.996. The molecule has 0 spiro atoms. The first-order chi connectivity index (χ1) is 6.93. The average molecular weight is 237 g/mol. The Morgan fingerprint density at radius 2 is 2.27 bits per heavy atom. The van der Waals surface area contributed by atoms with E-state index in [1.165, 1.54) is 0 Å². The van der Waals surface area contributed by atoms with Gasteiger partial charge in [-0.3, -0.25) is 9.78 Å². The van der Waals surface area contributed by atoms with Crippen LogP contribution in [0.5, 0.6) is 0 Å². The van der Waals surface area contributed by atoms with Crippen molar-refractivity contribution in [2.75, 3.05) is 5.73 Å². The van der Waals surface area contributed by atoms with Gasteiger partial charge < -0.3 is 10.8 Å². The summed E-state index contributed by atoms with van der Waals surface area (Å²) < 4.78 is 24.6. The van der Waals surface area contributed by atoms with Crippen molar-refractivity contribution < 1.29 is 18.7 Å². The first-order valence-corrected chi connectivity index (χ1v) is 4.24. The molecule has 1 aromatic heterocycles. The molecule has 4 nitrogen and oxygen atoms in total. The Kier molecular flexibility index (Phi) is 3.41. The Labute approximate surface area is 88.7 Å². The third-order valence-electron chi connectivity index (χ3n) is 1.71. The molecule has 0 atom stereocenters. The number of pyridine rings is 1. The largest absolute Gasteiger partial charge is 0.481 e. The van der Waals surface area contributed by atoms with Gasteiger partial charge in [0.2, 0.25) is 0 Å². The molecule has 0 amide bonds. The number of alkyl halides is 2. The molecule has 0 aliphatic rings. The molecule has 0 radical (unpaired) electrons. The lowest BCUT2D eigenvalue weighted by Gasteiger charge is -2.08. The third kappa shape index (κ3) is 2.53. The lowest BCUT2D eigenvalue weighted by Crippen LogP contribution is -2.06. The van der Waals surface area contributed by atoms with Gasteiger partial charge in [-0.05, 0) is 0 Å². The number of aliphatic carboxylic acids is 1. The van der Waals surface area contributed by atoms with Gasteiger partial charge in [0, 0.05) is 6.20 Å². The zero-order chi connectivity index (χ0) is 11.6.